The molecule has 0 spiro atoms. The SMILES string of the molecule is N#Cc1ccc(OCCc2ccc3ccc(NS(=O)(=O)c4cccc5cccnc45)cc3n2)cc1. The number of sulfonamides is 1. The van der Waals surface area contributed by atoms with E-state index >= 15 is 0 Å². The maximum Gasteiger partial charge on any atom is 0.264 e. The summed E-state index contributed by atoms with van der Waals surface area (Å²) in [5.41, 5.74) is 2.92. The summed E-state index contributed by atoms with van der Waals surface area (Å²) in [5.74, 6) is 0.685. The smallest absolute Gasteiger partial charge is 0.264 e. The molecule has 35 heavy (non-hydrogen) atoms. The van der Waals surface area contributed by atoms with Crippen molar-refractivity contribution in [2.45, 2.75) is 11.3 Å². The Morgan fingerprint density at radius 2 is 1.71 bits per heavy atom. The van der Waals surface area contributed by atoms with E-state index in [2.05, 4.69) is 20.8 Å². The molecule has 5 aromatic rings. The Hall–Kier alpha value is -4.48. The first-order valence-corrected chi connectivity index (χ1v) is 12.4. The number of rotatable bonds is 7. The van der Waals surface area contributed by atoms with Gasteiger partial charge in [0.25, 0.3) is 10.0 Å². The van der Waals surface area contributed by atoms with Crippen LogP contribution in [0.15, 0.2) is 96.0 Å². The number of nitrogens with zero attached hydrogens (tertiary/aromatic N) is 3. The molecule has 0 amide bonds. The average molecular weight is 481 g/mol. The third kappa shape index (κ3) is 4.90. The van der Waals surface area contributed by atoms with Gasteiger partial charge < -0.3 is 4.74 Å². The number of para-hydroxylation sites is 1. The number of ether oxygens (including phenoxy) is 1. The summed E-state index contributed by atoms with van der Waals surface area (Å²) in [5, 5.41) is 10.5. The summed E-state index contributed by atoms with van der Waals surface area (Å²) in [4.78, 5) is 9.05. The van der Waals surface area contributed by atoms with Crippen LogP contribution in [-0.2, 0) is 16.4 Å². The molecule has 0 aliphatic heterocycles. The predicted molar refractivity (Wildman–Crippen MR) is 135 cm³/mol. The van der Waals surface area contributed by atoms with Gasteiger partial charge in [-0.3, -0.25) is 14.7 Å². The highest BCUT2D eigenvalue weighted by molar-refractivity contribution is 7.93. The first kappa shape index (κ1) is 22.3. The van der Waals surface area contributed by atoms with Gasteiger partial charge >= 0.3 is 0 Å². The Kier molecular flexibility index (Phi) is 6.00. The highest BCUT2D eigenvalue weighted by atomic mass is 32.2. The van der Waals surface area contributed by atoms with Crippen LogP contribution >= 0.6 is 0 Å². The van der Waals surface area contributed by atoms with Crippen molar-refractivity contribution in [3.05, 3.63) is 102 Å². The first-order chi connectivity index (χ1) is 17.0. The monoisotopic (exact) mass is 480 g/mol. The molecule has 3 aromatic carbocycles. The van der Waals surface area contributed by atoms with Gasteiger partial charge in [0, 0.05) is 29.1 Å². The summed E-state index contributed by atoms with van der Waals surface area (Å²) in [6.45, 7) is 0.421. The number of anilines is 1. The van der Waals surface area contributed by atoms with Gasteiger partial charge in [0.1, 0.15) is 10.6 Å². The van der Waals surface area contributed by atoms with Crippen LogP contribution < -0.4 is 9.46 Å². The summed E-state index contributed by atoms with van der Waals surface area (Å²) in [6, 6.07) is 26.8. The molecular formula is C27H20N4O3S. The van der Waals surface area contributed by atoms with E-state index in [1.54, 1.807) is 60.8 Å². The molecule has 7 nitrogen and oxygen atoms in total. The average Bonchev–Trinajstić information content (AvgIpc) is 2.88. The van der Waals surface area contributed by atoms with E-state index in [1.165, 1.54) is 0 Å². The number of nitrogens with one attached hydrogen (secondary N) is 1. The quantitative estimate of drug-likeness (QED) is 0.348. The zero-order valence-corrected chi connectivity index (χ0v) is 19.4. The Bertz CT molecular complexity index is 1670. The van der Waals surface area contributed by atoms with E-state index < -0.39 is 10.0 Å². The molecule has 0 radical (unpaired) electrons. The fraction of sp³-hybridized carbons (Fsp3) is 0.0741. The van der Waals surface area contributed by atoms with Gasteiger partial charge in [-0.15, -0.1) is 0 Å². The van der Waals surface area contributed by atoms with Gasteiger partial charge in [-0.2, -0.15) is 5.26 Å². The highest BCUT2D eigenvalue weighted by Crippen LogP contribution is 2.25. The molecule has 8 heteroatoms. The van der Waals surface area contributed by atoms with Gasteiger partial charge in [-0.25, -0.2) is 8.42 Å². The number of nitriles is 1. The Morgan fingerprint density at radius 3 is 2.54 bits per heavy atom. The maximum absolute atomic E-state index is 13.1. The summed E-state index contributed by atoms with van der Waals surface area (Å²) < 4.78 is 34.7. The van der Waals surface area contributed by atoms with Crippen molar-refractivity contribution < 1.29 is 13.2 Å². The standard InChI is InChI=1S/C27H20N4O3S/c28-18-19-6-12-24(13-7-19)34-16-14-22-10-8-20-9-11-23(17-25(20)30-22)31-35(32,33)26-5-1-3-21-4-2-15-29-27(21)26/h1-13,15,17,31H,14,16H2. The van der Waals surface area contributed by atoms with E-state index in [0.717, 1.165) is 16.5 Å². The molecule has 0 unspecified atom stereocenters. The van der Waals surface area contributed by atoms with E-state index in [-0.39, 0.29) is 4.90 Å². The van der Waals surface area contributed by atoms with E-state index in [4.69, 9.17) is 10.00 Å². The summed E-state index contributed by atoms with van der Waals surface area (Å²) >= 11 is 0. The molecule has 5 rings (SSSR count). The number of fused-ring (bicyclic) bond motifs is 2. The minimum absolute atomic E-state index is 0.123. The summed E-state index contributed by atoms with van der Waals surface area (Å²) in [6.07, 6.45) is 2.15. The molecule has 0 fully saturated rings. The lowest BCUT2D eigenvalue weighted by molar-refractivity contribution is 0.320. The number of aromatic nitrogens is 2. The van der Waals surface area contributed by atoms with Crippen molar-refractivity contribution in [1.82, 2.24) is 9.97 Å². The molecule has 0 bridgehead atoms. The second kappa shape index (κ2) is 9.41. The highest BCUT2D eigenvalue weighted by Gasteiger charge is 2.18. The molecule has 1 N–H and O–H groups in total. The Labute approximate surface area is 202 Å². The number of hydrogen-bond donors (Lipinski definition) is 1. The third-order valence-corrected chi connectivity index (χ3v) is 6.91. The first-order valence-electron chi connectivity index (χ1n) is 10.9. The maximum atomic E-state index is 13.1. The van der Waals surface area contributed by atoms with Crippen molar-refractivity contribution in [3.8, 4) is 11.8 Å². The van der Waals surface area contributed by atoms with Gasteiger partial charge in [0.05, 0.1) is 35.0 Å². The molecule has 0 atom stereocenters. The second-order valence-corrected chi connectivity index (χ2v) is 9.53. The Balaban J connectivity index is 1.33. The second-order valence-electron chi connectivity index (χ2n) is 7.88. The van der Waals surface area contributed by atoms with Crippen LogP contribution in [-0.4, -0.2) is 25.0 Å². The topological polar surface area (TPSA) is 105 Å². The van der Waals surface area contributed by atoms with Gasteiger partial charge in [-0.1, -0.05) is 30.3 Å². The van der Waals surface area contributed by atoms with Crippen LogP contribution in [0.5, 0.6) is 5.75 Å². The minimum atomic E-state index is -3.85. The van der Waals surface area contributed by atoms with Crippen LogP contribution in [0.25, 0.3) is 21.8 Å². The lowest BCUT2D eigenvalue weighted by Crippen LogP contribution is -2.13. The van der Waals surface area contributed by atoms with Gasteiger partial charge in [0.2, 0.25) is 0 Å². The molecule has 0 aliphatic carbocycles. The number of hydrogen-bond acceptors (Lipinski definition) is 6. The van der Waals surface area contributed by atoms with E-state index in [0.29, 0.717) is 41.1 Å². The van der Waals surface area contributed by atoms with Crippen LogP contribution in [0.2, 0.25) is 0 Å². The van der Waals surface area contributed by atoms with Crippen molar-refractivity contribution >= 4 is 37.5 Å². The van der Waals surface area contributed by atoms with Crippen LogP contribution in [0.4, 0.5) is 5.69 Å². The zero-order valence-electron chi connectivity index (χ0n) is 18.5. The molecule has 0 aliphatic rings. The van der Waals surface area contributed by atoms with Crippen molar-refractivity contribution in [2.75, 3.05) is 11.3 Å². The van der Waals surface area contributed by atoms with E-state index in [9.17, 15) is 8.42 Å². The largest absolute Gasteiger partial charge is 0.493 e. The van der Waals surface area contributed by atoms with Gasteiger partial charge in [-0.05, 0) is 54.6 Å². The molecular weight excluding hydrogens is 460 g/mol. The van der Waals surface area contributed by atoms with Crippen LogP contribution in [0, 0.1) is 11.3 Å². The molecule has 0 saturated carbocycles. The van der Waals surface area contributed by atoms with Gasteiger partial charge in [0.15, 0.2) is 0 Å². The lowest BCUT2D eigenvalue weighted by atomic mass is 10.1. The normalized spacial score (nSPS) is 11.3. The minimum Gasteiger partial charge on any atom is -0.493 e. The fourth-order valence-corrected chi connectivity index (χ4v) is 4.99. The Morgan fingerprint density at radius 1 is 0.914 bits per heavy atom. The molecule has 0 saturated heterocycles. The molecule has 2 heterocycles. The summed E-state index contributed by atoms with van der Waals surface area (Å²) in [7, 11) is -3.85. The zero-order chi connectivity index (χ0) is 24.3. The lowest BCUT2D eigenvalue weighted by Gasteiger charge is -2.11. The molecule has 2 aromatic heterocycles. The fourth-order valence-electron chi connectivity index (χ4n) is 3.76. The van der Waals surface area contributed by atoms with Crippen LogP contribution in [0.1, 0.15) is 11.3 Å². The van der Waals surface area contributed by atoms with Crippen molar-refractivity contribution in [1.29, 1.82) is 5.26 Å². The van der Waals surface area contributed by atoms with Crippen molar-refractivity contribution in [3.63, 3.8) is 0 Å². The predicted octanol–water partition coefficient (Wildman–Crippen LogP) is 5.08. The third-order valence-electron chi connectivity index (χ3n) is 5.50. The van der Waals surface area contributed by atoms with E-state index in [1.807, 2.05) is 30.3 Å². The van der Waals surface area contributed by atoms with Crippen molar-refractivity contribution in [2.24, 2.45) is 0 Å². The number of pyridine rings is 2. The molecule has 172 valence electrons. The number of benzene rings is 3. The van der Waals surface area contributed by atoms with Crippen LogP contribution in [0.3, 0.4) is 0 Å².